The van der Waals surface area contributed by atoms with E-state index in [1.54, 1.807) is 18.2 Å². The first-order chi connectivity index (χ1) is 19.5. The summed E-state index contributed by atoms with van der Waals surface area (Å²) in [5.74, 6) is -0.701. The molecule has 9 heteroatoms. The molecule has 0 aliphatic heterocycles. The molecule has 3 aromatic carbocycles. The fourth-order valence-electron chi connectivity index (χ4n) is 5.39. The summed E-state index contributed by atoms with van der Waals surface area (Å²) in [5, 5.41) is 3.73. The zero-order chi connectivity index (χ0) is 29.6. The second kappa shape index (κ2) is 13.5. The van der Waals surface area contributed by atoms with E-state index in [1.807, 2.05) is 68.4 Å². The van der Waals surface area contributed by atoms with Gasteiger partial charge in [-0.25, -0.2) is 8.42 Å². The van der Waals surface area contributed by atoms with E-state index >= 15 is 0 Å². The Balaban J connectivity index is 1.73. The molecule has 0 saturated heterocycles. The lowest BCUT2D eigenvalue weighted by Crippen LogP contribution is -2.54. The lowest BCUT2D eigenvalue weighted by atomic mass is 10.0. The number of anilines is 1. The van der Waals surface area contributed by atoms with Crippen LogP contribution in [0.15, 0.2) is 72.8 Å². The molecular formula is C32H38ClN3O4S. The van der Waals surface area contributed by atoms with Crippen molar-refractivity contribution in [3.8, 4) is 0 Å². The van der Waals surface area contributed by atoms with Crippen molar-refractivity contribution in [1.82, 2.24) is 10.2 Å². The second-order valence-electron chi connectivity index (χ2n) is 10.9. The summed E-state index contributed by atoms with van der Waals surface area (Å²) in [6.45, 7) is 3.44. The van der Waals surface area contributed by atoms with Crippen molar-refractivity contribution in [1.29, 1.82) is 0 Å². The van der Waals surface area contributed by atoms with Gasteiger partial charge in [-0.2, -0.15) is 0 Å². The number of nitrogens with zero attached hydrogens (tertiary/aromatic N) is 2. The number of amides is 2. The molecule has 7 nitrogen and oxygen atoms in total. The van der Waals surface area contributed by atoms with E-state index in [1.165, 1.54) is 4.90 Å². The average molecular weight is 596 g/mol. The van der Waals surface area contributed by atoms with Crippen molar-refractivity contribution in [3.05, 3.63) is 100 Å². The molecule has 0 heterocycles. The number of halogens is 1. The van der Waals surface area contributed by atoms with Crippen LogP contribution in [0.1, 0.15) is 47.9 Å². The van der Waals surface area contributed by atoms with Gasteiger partial charge < -0.3 is 10.2 Å². The Hall–Kier alpha value is -3.36. The van der Waals surface area contributed by atoms with Gasteiger partial charge in [-0.15, -0.1) is 0 Å². The SMILES string of the molecule is Cc1ccc(N(CC(=O)N(Cc2ccc(Cl)cc2)[C@@H](Cc2ccccc2)C(=O)NC2CCCC2)S(C)(=O)=O)c(C)c1. The zero-order valence-corrected chi connectivity index (χ0v) is 25.4. The molecule has 0 radical (unpaired) electrons. The molecule has 0 unspecified atom stereocenters. The highest BCUT2D eigenvalue weighted by Crippen LogP contribution is 2.25. The van der Waals surface area contributed by atoms with Crippen LogP contribution in [0.2, 0.25) is 5.02 Å². The molecule has 0 spiro atoms. The maximum absolute atomic E-state index is 14.2. The lowest BCUT2D eigenvalue weighted by molar-refractivity contribution is -0.140. The first-order valence-electron chi connectivity index (χ1n) is 13.9. The zero-order valence-electron chi connectivity index (χ0n) is 23.8. The van der Waals surface area contributed by atoms with Crippen LogP contribution in [0.25, 0.3) is 0 Å². The number of carbonyl (C=O) groups is 2. The van der Waals surface area contributed by atoms with Crippen LogP contribution in [0.5, 0.6) is 0 Å². The van der Waals surface area contributed by atoms with Crippen molar-refractivity contribution in [2.75, 3.05) is 17.1 Å². The summed E-state index contributed by atoms with van der Waals surface area (Å²) in [6.07, 6.45) is 5.31. The molecule has 4 rings (SSSR count). The van der Waals surface area contributed by atoms with Gasteiger partial charge >= 0.3 is 0 Å². The van der Waals surface area contributed by atoms with Crippen LogP contribution in [-0.4, -0.2) is 50.0 Å². The molecular weight excluding hydrogens is 558 g/mol. The Morgan fingerprint density at radius 3 is 2.22 bits per heavy atom. The van der Waals surface area contributed by atoms with E-state index in [0.29, 0.717) is 17.1 Å². The van der Waals surface area contributed by atoms with Gasteiger partial charge in [-0.05, 0) is 61.6 Å². The van der Waals surface area contributed by atoms with Gasteiger partial charge in [0.1, 0.15) is 12.6 Å². The third-order valence-corrected chi connectivity index (χ3v) is 8.92. The topological polar surface area (TPSA) is 86.8 Å². The minimum Gasteiger partial charge on any atom is -0.352 e. The monoisotopic (exact) mass is 595 g/mol. The molecule has 41 heavy (non-hydrogen) atoms. The minimum atomic E-state index is -3.82. The van der Waals surface area contributed by atoms with Crippen LogP contribution in [0.4, 0.5) is 5.69 Å². The van der Waals surface area contributed by atoms with Gasteiger partial charge in [0.2, 0.25) is 21.8 Å². The highest BCUT2D eigenvalue weighted by Gasteiger charge is 2.34. The maximum atomic E-state index is 14.2. The summed E-state index contributed by atoms with van der Waals surface area (Å²) < 4.78 is 27.2. The van der Waals surface area contributed by atoms with E-state index in [9.17, 15) is 18.0 Å². The van der Waals surface area contributed by atoms with Crippen molar-refractivity contribution in [2.24, 2.45) is 0 Å². The Morgan fingerprint density at radius 1 is 0.951 bits per heavy atom. The van der Waals surface area contributed by atoms with Crippen LogP contribution in [-0.2, 0) is 32.6 Å². The number of sulfonamides is 1. The van der Waals surface area contributed by atoms with Crippen molar-refractivity contribution < 1.29 is 18.0 Å². The molecule has 218 valence electrons. The molecule has 0 aromatic heterocycles. The summed E-state index contributed by atoms with van der Waals surface area (Å²) in [7, 11) is -3.82. The van der Waals surface area contributed by atoms with Crippen LogP contribution in [0, 0.1) is 13.8 Å². The predicted molar refractivity (Wildman–Crippen MR) is 164 cm³/mol. The number of nitrogens with one attached hydrogen (secondary N) is 1. The first-order valence-corrected chi connectivity index (χ1v) is 16.2. The summed E-state index contributed by atoms with van der Waals surface area (Å²) in [5.41, 5.74) is 3.86. The third kappa shape index (κ3) is 8.33. The number of carbonyl (C=O) groups excluding carboxylic acids is 2. The fraction of sp³-hybridized carbons (Fsp3) is 0.375. The minimum absolute atomic E-state index is 0.0657. The van der Waals surface area contributed by atoms with Crippen molar-refractivity contribution in [3.63, 3.8) is 0 Å². The molecule has 1 aliphatic rings. The molecule has 1 saturated carbocycles. The van der Waals surface area contributed by atoms with Crippen LogP contribution >= 0.6 is 11.6 Å². The van der Waals surface area contributed by atoms with Crippen molar-refractivity contribution in [2.45, 2.75) is 64.6 Å². The Kier molecular flexibility index (Phi) is 10.1. The summed E-state index contributed by atoms with van der Waals surface area (Å²) in [6, 6.07) is 21.3. The molecule has 3 aromatic rings. The molecule has 1 N–H and O–H groups in total. The van der Waals surface area contributed by atoms with Gasteiger partial charge in [0.05, 0.1) is 11.9 Å². The number of hydrogen-bond acceptors (Lipinski definition) is 4. The standard InChI is InChI=1S/C32H38ClN3O4S/c1-23-13-18-29(24(2)19-23)36(41(3,39)40)22-31(37)35(21-26-14-16-27(33)17-15-26)30(20-25-9-5-4-6-10-25)32(38)34-28-11-7-8-12-28/h4-6,9-10,13-19,28,30H,7-8,11-12,20-22H2,1-3H3,(H,34,38)/t30-/m0/s1. The third-order valence-electron chi connectivity index (χ3n) is 7.54. The van der Waals surface area contributed by atoms with Gasteiger partial charge in [0.15, 0.2) is 0 Å². The Bertz CT molecular complexity index is 1460. The number of rotatable bonds is 11. The number of hydrogen-bond donors (Lipinski definition) is 1. The van der Waals surface area contributed by atoms with Crippen LogP contribution < -0.4 is 9.62 Å². The Morgan fingerprint density at radius 2 is 1.61 bits per heavy atom. The van der Waals surface area contributed by atoms with E-state index in [2.05, 4.69) is 5.32 Å². The van der Waals surface area contributed by atoms with Crippen LogP contribution in [0.3, 0.4) is 0 Å². The summed E-state index contributed by atoms with van der Waals surface area (Å²) >= 11 is 6.12. The van der Waals surface area contributed by atoms with E-state index in [-0.39, 0.29) is 18.5 Å². The second-order valence-corrected chi connectivity index (χ2v) is 13.2. The van der Waals surface area contributed by atoms with Gasteiger partial charge in [0.25, 0.3) is 0 Å². The Labute approximate surface area is 248 Å². The smallest absolute Gasteiger partial charge is 0.244 e. The molecule has 1 atom stereocenters. The van der Waals surface area contributed by atoms with E-state index in [0.717, 1.165) is 58.5 Å². The number of aryl methyl sites for hydroxylation is 2. The highest BCUT2D eigenvalue weighted by molar-refractivity contribution is 7.92. The first kappa shape index (κ1) is 30.6. The van der Waals surface area contributed by atoms with Gasteiger partial charge in [-0.1, -0.05) is 84.6 Å². The molecule has 0 bridgehead atoms. The van der Waals surface area contributed by atoms with Gasteiger partial charge in [-0.3, -0.25) is 13.9 Å². The lowest BCUT2D eigenvalue weighted by Gasteiger charge is -2.34. The molecule has 1 fully saturated rings. The van der Waals surface area contributed by atoms with Gasteiger partial charge in [0, 0.05) is 24.0 Å². The maximum Gasteiger partial charge on any atom is 0.244 e. The number of benzene rings is 3. The van der Waals surface area contributed by atoms with E-state index in [4.69, 9.17) is 11.6 Å². The quantitative estimate of drug-likeness (QED) is 0.321. The fourth-order valence-corrected chi connectivity index (χ4v) is 6.42. The molecule has 2 amide bonds. The molecule has 1 aliphatic carbocycles. The predicted octanol–water partition coefficient (Wildman–Crippen LogP) is 5.42. The highest BCUT2D eigenvalue weighted by atomic mass is 35.5. The summed E-state index contributed by atoms with van der Waals surface area (Å²) in [4.78, 5) is 29.6. The van der Waals surface area contributed by atoms with Crippen molar-refractivity contribution >= 4 is 39.1 Å². The normalized spacial score (nSPS) is 14.4. The average Bonchev–Trinajstić information content (AvgIpc) is 3.43. The largest absolute Gasteiger partial charge is 0.352 e. The van der Waals surface area contributed by atoms with E-state index < -0.39 is 28.5 Å².